The Bertz CT molecular complexity index is 846. The summed E-state index contributed by atoms with van der Waals surface area (Å²) in [5.41, 5.74) is 6.21. The fourth-order valence-electron chi connectivity index (χ4n) is 3.77. The number of nitrogens with zero attached hydrogens (tertiary/aromatic N) is 2. The molecule has 1 fully saturated rings. The Morgan fingerprint density at radius 2 is 2.00 bits per heavy atom. The van der Waals surface area contributed by atoms with Crippen molar-refractivity contribution in [1.82, 2.24) is 20.4 Å². The molecule has 148 valence electrons. The number of hydrogen-bond acceptors (Lipinski definition) is 4. The summed E-state index contributed by atoms with van der Waals surface area (Å²) in [6.07, 6.45) is 9.05. The van der Waals surface area contributed by atoms with Gasteiger partial charge in [0.25, 0.3) is 0 Å². The number of hydrogen-bond donors (Lipinski definition) is 3. The van der Waals surface area contributed by atoms with Gasteiger partial charge in [-0.05, 0) is 43.5 Å². The van der Waals surface area contributed by atoms with Gasteiger partial charge in [-0.25, -0.2) is 13.6 Å². The molecule has 0 aromatic heterocycles. The van der Waals surface area contributed by atoms with Crippen LogP contribution in [0, 0.1) is 11.6 Å². The summed E-state index contributed by atoms with van der Waals surface area (Å²) in [4.78, 5) is 16.2. The van der Waals surface area contributed by atoms with Gasteiger partial charge in [-0.2, -0.15) is 0 Å². The van der Waals surface area contributed by atoms with Crippen LogP contribution in [0.5, 0.6) is 0 Å². The van der Waals surface area contributed by atoms with E-state index in [1.54, 1.807) is 28.2 Å². The lowest BCUT2D eigenvalue weighted by Crippen LogP contribution is -2.45. The number of amides is 2. The fourth-order valence-corrected chi connectivity index (χ4v) is 3.77. The van der Waals surface area contributed by atoms with Gasteiger partial charge in [0.15, 0.2) is 0 Å². The minimum atomic E-state index is -0.653. The standard InChI is InChI=1S/C20H23F2N5O/c21-14-5-1-6-15(22)19(14)16-7-2-8-17-24-12-18(27(16)17)25-20(28)26-10-3-4-13(23)9-11-26/h1-2,5-8,12-13,17,24H,3-4,9-11,23H2,(H,25,28)/t13-,17?/m0/s1. The highest BCUT2D eigenvalue weighted by Crippen LogP contribution is 2.33. The summed E-state index contributed by atoms with van der Waals surface area (Å²) in [6, 6.07) is 3.64. The van der Waals surface area contributed by atoms with Crippen LogP contribution in [-0.2, 0) is 0 Å². The van der Waals surface area contributed by atoms with Crippen LogP contribution in [-0.4, -0.2) is 41.1 Å². The molecule has 3 heterocycles. The van der Waals surface area contributed by atoms with Crippen LogP contribution in [0.3, 0.4) is 0 Å². The lowest BCUT2D eigenvalue weighted by Gasteiger charge is -2.33. The fraction of sp³-hybridized carbons (Fsp3) is 0.350. The molecule has 0 spiro atoms. The average Bonchev–Trinajstić information content (AvgIpc) is 2.94. The smallest absolute Gasteiger partial charge is 0.323 e. The number of carbonyl (C=O) groups is 1. The number of rotatable bonds is 2. The van der Waals surface area contributed by atoms with Crippen molar-refractivity contribution in [2.45, 2.75) is 31.5 Å². The number of benzene rings is 1. The van der Waals surface area contributed by atoms with E-state index in [1.807, 2.05) is 6.08 Å². The zero-order valence-corrected chi connectivity index (χ0v) is 15.4. The Morgan fingerprint density at radius 3 is 2.79 bits per heavy atom. The van der Waals surface area contributed by atoms with Gasteiger partial charge in [-0.15, -0.1) is 0 Å². The van der Waals surface area contributed by atoms with Crippen molar-refractivity contribution in [3.05, 3.63) is 65.6 Å². The summed E-state index contributed by atoms with van der Waals surface area (Å²) in [6.45, 7) is 1.22. The van der Waals surface area contributed by atoms with E-state index < -0.39 is 11.6 Å². The van der Waals surface area contributed by atoms with Crippen LogP contribution in [0.25, 0.3) is 5.70 Å². The van der Waals surface area contributed by atoms with E-state index in [2.05, 4.69) is 10.6 Å². The summed E-state index contributed by atoms with van der Waals surface area (Å²) >= 11 is 0. The van der Waals surface area contributed by atoms with Crippen molar-refractivity contribution in [3.8, 4) is 0 Å². The van der Waals surface area contributed by atoms with Crippen molar-refractivity contribution in [2.24, 2.45) is 5.73 Å². The topological polar surface area (TPSA) is 73.6 Å². The number of allylic oxidation sites excluding steroid dienone is 2. The normalized spacial score (nSPS) is 24.1. The number of carbonyl (C=O) groups excluding carboxylic acids is 1. The molecule has 6 nitrogen and oxygen atoms in total. The molecule has 1 aromatic carbocycles. The molecule has 0 radical (unpaired) electrons. The van der Waals surface area contributed by atoms with Crippen LogP contribution < -0.4 is 16.4 Å². The highest BCUT2D eigenvalue weighted by Gasteiger charge is 2.33. The third-order valence-electron chi connectivity index (χ3n) is 5.25. The molecule has 1 saturated heterocycles. The SMILES string of the molecule is N[C@H]1CCCN(C(=O)NC2=CNC3C=CC=C(c4c(F)cccc4F)N23)CC1. The van der Waals surface area contributed by atoms with E-state index >= 15 is 0 Å². The number of urea groups is 1. The summed E-state index contributed by atoms with van der Waals surface area (Å²) < 4.78 is 28.8. The molecule has 0 aliphatic carbocycles. The average molecular weight is 387 g/mol. The Hall–Kier alpha value is -2.87. The van der Waals surface area contributed by atoms with Gasteiger partial charge in [-0.3, -0.25) is 5.32 Å². The molecule has 1 aromatic rings. The number of halogens is 2. The second-order valence-corrected chi connectivity index (χ2v) is 7.15. The second kappa shape index (κ2) is 7.63. The molecule has 4 N–H and O–H groups in total. The molecule has 2 atom stereocenters. The molecule has 1 unspecified atom stereocenters. The number of nitrogens with one attached hydrogen (secondary N) is 2. The maximum absolute atomic E-state index is 14.4. The lowest BCUT2D eigenvalue weighted by molar-refractivity contribution is 0.199. The second-order valence-electron chi connectivity index (χ2n) is 7.15. The maximum atomic E-state index is 14.4. The van der Waals surface area contributed by atoms with Gasteiger partial charge in [0.2, 0.25) is 0 Å². The molecule has 8 heteroatoms. The van der Waals surface area contributed by atoms with Gasteiger partial charge in [0, 0.05) is 25.3 Å². The number of fused-ring (bicyclic) bond motifs is 1. The third kappa shape index (κ3) is 3.47. The van der Waals surface area contributed by atoms with Crippen LogP contribution in [0.4, 0.5) is 13.6 Å². The Labute approximate surface area is 162 Å². The van der Waals surface area contributed by atoms with Gasteiger partial charge in [-0.1, -0.05) is 12.1 Å². The molecule has 3 aliphatic rings. The van der Waals surface area contributed by atoms with Gasteiger partial charge >= 0.3 is 6.03 Å². The van der Waals surface area contributed by atoms with E-state index in [0.29, 0.717) is 24.6 Å². The molecular weight excluding hydrogens is 364 g/mol. The molecule has 28 heavy (non-hydrogen) atoms. The van der Waals surface area contributed by atoms with Crippen molar-refractivity contribution < 1.29 is 13.6 Å². The van der Waals surface area contributed by atoms with Crippen molar-refractivity contribution in [2.75, 3.05) is 13.1 Å². The molecule has 0 saturated carbocycles. The molecule has 4 rings (SSSR count). The zero-order chi connectivity index (χ0) is 19.7. The minimum Gasteiger partial charge on any atom is -0.365 e. The van der Waals surface area contributed by atoms with E-state index in [-0.39, 0.29) is 23.8 Å². The predicted molar refractivity (Wildman–Crippen MR) is 102 cm³/mol. The van der Waals surface area contributed by atoms with Gasteiger partial charge < -0.3 is 20.9 Å². The first-order valence-corrected chi connectivity index (χ1v) is 9.44. The molecule has 0 bridgehead atoms. The summed E-state index contributed by atoms with van der Waals surface area (Å²) in [7, 11) is 0. The number of nitrogens with two attached hydrogens (primary N) is 1. The first kappa shape index (κ1) is 18.5. The predicted octanol–water partition coefficient (Wildman–Crippen LogP) is 2.43. The summed E-state index contributed by atoms with van der Waals surface area (Å²) in [5, 5.41) is 5.99. The Kier molecular flexibility index (Phi) is 5.04. The zero-order valence-electron chi connectivity index (χ0n) is 15.4. The van der Waals surface area contributed by atoms with Crippen molar-refractivity contribution in [1.29, 1.82) is 0 Å². The molecular formula is C20H23F2N5O. The Balaban J connectivity index is 1.55. The van der Waals surface area contributed by atoms with E-state index in [0.717, 1.165) is 19.3 Å². The quantitative estimate of drug-likeness (QED) is 0.729. The summed E-state index contributed by atoms with van der Waals surface area (Å²) in [5.74, 6) is -0.861. The number of likely N-dealkylation sites (tertiary alicyclic amines) is 1. The van der Waals surface area contributed by atoms with Gasteiger partial charge in [0.1, 0.15) is 23.6 Å². The first-order chi connectivity index (χ1) is 13.5. The third-order valence-corrected chi connectivity index (χ3v) is 5.25. The van der Waals surface area contributed by atoms with Crippen LogP contribution in [0.15, 0.2) is 48.4 Å². The maximum Gasteiger partial charge on any atom is 0.323 e. The molecule has 3 aliphatic heterocycles. The largest absolute Gasteiger partial charge is 0.365 e. The monoisotopic (exact) mass is 387 g/mol. The lowest BCUT2D eigenvalue weighted by atomic mass is 10.1. The van der Waals surface area contributed by atoms with Crippen molar-refractivity contribution in [3.63, 3.8) is 0 Å². The minimum absolute atomic E-state index is 0.111. The van der Waals surface area contributed by atoms with Gasteiger partial charge in [0.05, 0.1) is 11.3 Å². The van der Waals surface area contributed by atoms with E-state index in [9.17, 15) is 13.6 Å². The Morgan fingerprint density at radius 1 is 1.21 bits per heavy atom. The van der Waals surface area contributed by atoms with Crippen molar-refractivity contribution >= 4 is 11.7 Å². The highest BCUT2D eigenvalue weighted by molar-refractivity contribution is 5.78. The first-order valence-electron chi connectivity index (χ1n) is 9.44. The van der Waals surface area contributed by atoms with E-state index in [1.165, 1.54) is 18.2 Å². The van der Waals surface area contributed by atoms with Crippen LogP contribution in [0.1, 0.15) is 24.8 Å². The van der Waals surface area contributed by atoms with E-state index in [4.69, 9.17) is 5.73 Å². The highest BCUT2D eigenvalue weighted by atomic mass is 19.1. The molecule has 2 amide bonds. The van der Waals surface area contributed by atoms with Crippen LogP contribution >= 0.6 is 0 Å². The van der Waals surface area contributed by atoms with Crippen LogP contribution in [0.2, 0.25) is 0 Å².